The molecule has 2 unspecified atom stereocenters. The Morgan fingerprint density at radius 3 is 2.91 bits per heavy atom. The van der Waals surface area contributed by atoms with Crippen LogP contribution in [0.3, 0.4) is 0 Å². The van der Waals surface area contributed by atoms with Gasteiger partial charge in [0.15, 0.2) is 11.5 Å². The molecule has 7 nitrogen and oxygen atoms in total. The quantitative estimate of drug-likeness (QED) is 0.648. The summed E-state index contributed by atoms with van der Waals surface area (Å²) in [6, 6.07) is 7.03. The van der Waals surface area contributed by atoms with Crippen LogP contribution in [0.1, 0.15) is 59.3 Å². The van der Waals surface area contributed by atoms with Gasteiger partial charge in [-0.2, -0.15) is 0 Å². The van der Waals surface area contributed by atoms with Gasteiger partial charge in [0.2, 0.25) is 0 Å². The number of rotatable bonds is 4. The van der Waals surface area contributed by atoms with Crippen molar-refractivity contribution in [1.82, 2.24) is 15.2 Å². The summed E-state index contributed by atoms with van der Waals surface area (Å²) in [5.74, 6) is 1.24. The van der Waals surface area contributed by atoms with Crippen LogP contribution in [0.25, 0.3) is 0 Å². The number of likely N-dealkylation sites (tertiary alicyclic amines) is 1. The summed E-state index contributed by atoms with van der Waals surface area (Å²) in [5, 5.41) is 26.4. The summed E-state index contributed by atoms with van der Waals surface area (Å²) in [4.78, 5) is 19.9. The fourth-order valence-corrected chi connectivity index (χ4v) is 7.57. The largest absolute Gasteiger partial charge is 0.504 e. The molecule has 2 bridgehead atoms. The highest BCUT2D eigenvalue weighted by molar-refractivity contribution is 5.94. The van der Waals surface area contributed by atoms with E-state index in [1.807, 2.05) is 13.0 Å². The van der Waals surface area contributed by atoms with Crippen LogP contribution in [0, 0.1) is 12.8 Å². The number of hydrogen-bond acceptors (Lipinski definition) is 6. The van der Waals surface area contributed by atoms with Crippen LogP contribution in [0.2, 0.25) is 0 Å². The lowest BCUT2D eigenvalue weighted by Crippen LogP contribution is -2.78. The standard InChI is InChI=1S/C27H31N3O4/c1-15-12-18(7-10-28-15)25(32)29-19-6-8-27(33)21-13-17-4-5-20(31)23-22(17)26(27,24(19)34-23)9-11-30(21)14-16-2-3-16/h4-5,7,10,12,16,19,21,24,31,33H,2-3,6,8-9,11,13-14H2,1H3,(H,29,32)/t19-,21?,24+,26+,27?/m1/s1. The first-order valence-electron chi connectivity index (χ1n) is 12.6. The molecule has 1 aromatic carbocycles. The highest BCUT2D eigenvalue weighted by Gasteiger charge is 2.73. The number of phenols is 1. The molecule has 3 aliphatic carbocycles. The van der Waals surface area contributed by atoms with E-state index in [2.05, 4.69) is 15.2 Å². The maximum Gasteiger partial charge on any atom is 0.251 e. The van der Waals surface area contributed by atoms with Gasteiger partial charge in [0.1, 0.15) is 6.10 Å². The van der Waals surface area contributed by atoms with Crippen LogP contribution in [0.5, 0.6) is 11.5 Å². The normalized spacial score (nSPS) is 35.4. The molecule has 1 amide bonds. The van der Waals surface area contributed by atoms with Gasteiger partial charge in [0.25, 0.3) is 5.91 Å². The van der Waals surface area contributed by atoms with Crippen LogP contribution in [0.4, 0.5) is 0 Å². The summed E-state index contributed by atoms with van der Waals surface area (Å²) in [7, 11) is 0. The molecule has 2 saturated carbocycles. The van der Waals surface area contributed by atoms with E-state index in [4.69, 9.17) is 4.74 Å². The van der Waals surface area contributed by atoms with Gasteiger partial charge in [-0.25, -0.2) is 0 Å². The van der Waals surface area contributed by atoms with Crippen molar-refractivity contribution in [2.45, 2.75) is 74.7 Å². The first kappa shape index (κ1) is 20.7. The topological polar surface area (TPSA) is 94.9 Å². The lowest BCUT2D eigenvalue weighted by Gasteiger charge is -2.64. The Labute approximate surface area is 199 Å². The smallest absolute Gasteiger partial charge is 0.251 e. The van der Waals surface area contributed by atoms with Gasteiger partial charge in [-0.05, 0) is 81.7 Å². The van der Waals surface area contributed by atoms with Gasteiger partial charge in [0, 0.05) is 35.6 Å². The summed E-state index contributed by atoms with van der Waals surface area (Å²) in [6.07, 6.45) is 6.59. The molecule has 7 heteroatoms. The number of aromatic nitrogens is 1. The van der Waals surface area contributed by atoms with E-state index in [9.17, 15) is 15.0 Å². The van der Waals surface area contributed by atoms with Gasteiger partial charge in [-0.3, -0.25) is 14.7 Å². The molecule has 7 rings (SSSR count). The average molecular weight is 462 g/mol. The molecule has 0 radical (unpaired) electrons. The predicted molar refractivity (Wildman–Crippen MR) is 125 cm³/mol. The van der Waals surface area contributed by atoms with Crippen LogP contribution in [-0.4, -0.2) is 62.9 Å². The number of carbonyl (C=O) groups excluding carboxylic acids is 1. The number of amides is 1. The minimum absolute atomic E-state index is 0.0374. The van der Waals surface area contributed by atoms with Gasteiger partial charge in [-0.15, -0.1) is 0 Å². The fourth-order valence-electron chi connectivity index (χ4n) is 7.57. The molecule has 1 spiro atoms. The minimum Gasteiger partial charge on any atom is -0.504 e. The van der Waals surface area contributed by atoms with E-state index in [1.165, 1.54) is 18.4 Å². The molecule has 3 heterocycles. The Hall–Kier alpha value is -2.64. The van der Waals surface area contributed by atoms with Gasteiger partial charge in [-0.1, -0.05) is 6.07 Å². The molecule has 2 aromatic rings. The zero-order valence-electron chi connectivity index (χ0n) is 19.5. The number of carbonyl (C=O) groups is 1. The predicted octanol–water partition coefficient (Wildman–Crippen LogP) is 2.46. The monoisotopic (exact) mass is 461 g/mol. The summed E-state index contributed by atoms with van der Waals surface area (Å²) < 4.78 is 6.52. The number of benzene rings is 1. The molecule has 178 valence electrons. The van der Waals surface area contributed by atoms with Crippen molar-refractivity contribution in [2.75, 3.05) is 13.1 Å². The van der Waals surface area contributed by atoms with Crippen molar-refractivity contribution in [1.29, 1.82) is 0 Å². The second-order valence-electron chi connectivity index (χ2n) is 11.1. The first-order chi connectivity index (χ1) is 16.4. The zero-order chi connectivity index (χ0) is 23.2. The third-order valence-electron chi connectivity index (χ3n) is 9.24. The van der Waals surface area contributed by atoms with Crippen molar-refractivity contribution in [3.63, 3.8) is 0 Å². The molecule has 1 saturated heterocycles. The molecule has 5 aliphatic rings. The summed E-state index contributed by atoms with van der Waals surface area (Å²) >= 11 is 0. The van der Waals surface area contributed by atoms with Crippen molar-refractivity contribution in [2.24, 2.45) is 5.92 Å². The highest BCUT2D eigenvalue weighted by atomic mass is 16.5. The number of nitrogens with zero attached hydrogens (tertiary/aromatic N) is 2. The zero-order valence-corrected chi connectivity index (χ0v) is 19.5. The van der Waals surface area contributed by atoms with E-state index >= 15 is 0 Å². The molecular formula is C27H31N3O4. The number of aromatic hydroxyl groups is 1. The number of aryl methyl sites for hydroxylation is 1. The molecule has 5 atom stereocenters. The Morgan fingerprint density at radius 1 is 1.26 bits per heavy atom. The Morgan fingerprint density at radius 2 is 2.12 bits per heavy atom. The molecule has 3 N–H and O–H groups in total. The maximum atomic E-state index is 13.2. The second kappa shape index (κ2) is 6.95. The van der Waals surface area contributed by atoms with E-state index < -0.39 is 17.1 Å². The van der Waals surface area contributed by atoms with Gasteiger partial charge >= 0.3 is 0 Å². The third-order valence-corrected chi connectivity index (χ3v) is 9.24. The number of ether oxygens (including phenoxy) is 1. The lowest BCUT2D eigenvalue weighted by atomic mass is 9.48. The number of piperidine rings is 1. The van der Waals surface area contributed by atoms with E-state index in [0.29, 0.717) is 24.2 Å². The van der Waals surface area contributed by atoms with Crippen LogP contribution >= 0.6 is 0 Å². The Balaban J connectivity index is 1.29. The van der Waals surface area contributed by atoms with Crippen molar-refractivity contribution >= 4 is 5.91 Å². The lowest BCUT2D eigenvalue weighted by molar-refractivity contribution is -0.191. The molecular weight excluding hydrogens is 430 g/mol. The number of pyridine rings is 1. The summed E-state index contributed by atoms with van der Waals surface area (Å²) in [5.41, 5.74) is 1.96. The average Bonchev–Trinajstić information content (AvgIpc) is 3.56. The van der Waals surface area contributed by atoms with Crippen molar-refractivity contribution in [3.05, 3.63) is 52.8 Å². The number of phenolic OH excluding ortho intramolecular Hbond substituents is 1. The number of hydrogen-bond donors (Lipinski definition) is 3. The molecule has 34 heavy (non-hydrogen) atoms. The van der Waals surface area contributed by atoms with Gasteiger partial charge in [0.05, 0.1) is 17.1 Å². The molecule has 3 fully saturated rings. The second-order valence-corrected chi connectivity index (χ2v) is 11.1. The van der Waals surface area contributed by atoms with Crippen molar-refractivity contribution < 1.29 is 19.7 Å². The number of aliphatic hydroxyl groups is 1. The highest BCUT2D eigenvalue weighted by Crippen LogP contribution is 2.65. The SMILES string of the molecule is Cc1cc(C(=O)N[C@@H]2CCC3(O)C4Cc5ccc(O)c6c5[C@@]3(CCN4CC3CC3)[C@H]2O6)ccn1. The third kappa shape index (κ3) is 2.65. The van der Waals surface area contributed by atoms with Crippen LogP contribution in [0.15, 0.2) is 30.5 Å². The minimum atomic E-state index is -0.939. The van der Waals surface area contributed by atoms with Gasteiger partial charge < -0.3 is 20.3 Å². The van der Waals surface area contributed by atoms with Crippen molar-refractivity contribution in [3.8, 4) is 11.5 Å². The Bertz CT molecular complexity index is 1200. The number of nitrogens with one attached hydrogen (secondary N) is 1. The van der Waals surface area contributed by atoms with E-state index in [-0.39, 0.29) is 23.7 Å². The maximum absolute atomic E-state index is 13.2. The van der Waals surface area contributed by atoms with Crippen LogP contribution < -0.4 is 10.1 Å². The van der Waals surface area contributed by atoms with E-state index in [1.54, 1.807) is 24.4 Å². The first-order valence-corrected chi connectivity index (χ1v) is 12.6. The van der Waals surface area contributed by atoms with Crippen LogP contribution in [-0.2, 0) is 11.8 Å². The fraction of sp³-hybridized carbons (Fsp3) is 0.556. The van der Waals surface area contributed by atoms with E-state index in [0.717, 1.165) is 43.1 Å². The Kier molecular flexibility index (Phi) is 4.23. The summed E-state index contributed by atoms with van der Waals surface area (Å²) in [6.45, 7) is 3.83. The molecule has 2 aliphatic heterocycles. The molecule has 1 aromatic heterocycles.